The van der Waals surface area contributed by atoms with Crippen LogP contribution in [0, 0.1) is 6.92 Å². The molecule has 0 fully saturated rings. The Kier molecular flexibility index (Phi) is 2.69. The molecule has 90 valence electrons. The zero-order valence-electron chi connectivity index (χ0n) is 10.7. The van der Waals surface area contributed by atoms with Crippen LogP contribution in [0.5, 0.6) is 0 Å². The fourth-order valence-electron chi connectivity index (χ4n) is 1.83. The molecule has 0 aliphatic heterocycles. The molecular weight excluding hydrogens is 214 g/mol. The average Bonchev–Trinajstić information content (AvgIpc) is 2.60. The van der Waals surface area contributed by atoms with Crippen molar-refractivity contribution in [2.24, 2.45) is 0 Å². The topological polar surface area (TPSA) is 30.7 Å². The summed E-state index contributed by atoms with van der Waals surface area (Å²) < 4.78 is 7.30. The Labute approximate surface area is 101 Å². The number of pyridine rings is 1. The van der Waals surface area contributed by atoms with Crippen LogP contribution in [0.2, 0.25) is 0 Å². The maximum Gasteiger partial charge on any atom is 0.355 e. The lowest BCUT2D eigenvalue weighted by atomic mass is 10.2. The van der Waals surface area contributed by atoms with Gasteiger partial charge in [-0.3, -0.25) is 0 Å². The van der Waals surface area contributed by atoms with Gasteiger partial charge in [0, 0.05) is 11.2 Å². The molecule has 0 N–H and O–H groups in total. The molecule has 0 unspecified atom stereocenters. The number of carbonyl (C=O) groups is 1. The first kappa shape index (κ1) is 11.7. The Balaban J connectivity index is 2.46. The molecule has 0 radical (unpaired) electrons. The van der Waals surface area contributed by atoms with Crippen LogP contribution in [-0.2, 0) is 4.74 Å². The van der Waals surface area contributed by atoms with Crippen LogP contribution >= 0.6 is 0 Å². The van der Waals surface area contributed by atoms with Crippen LogP contribution in [0.4, 0.5) is 0 Å². The van der Waals surface area contributed by atoms with E-state index in [9.17, 15) is 4.79 Å². The molecule has 0 atom stereocenters. The van der Waals surface area contributed by atoms with E-state index in [2.05, 4.69) is 0 Å². The molecular formula is C14H17NO2. The monoisotopic (exact) mass is 231 g/mol. The van der Waals surface area contributed by atoms with E-state index < -0.39 is 5.60 Å². The summed E-state index contributed by atoms with van der Waals surface area (Å²) in [6.45, 7) is 7.58. The molecule has 3 nitrogen and oxygen atoms in total. The number of rotatable bonds is 1. The Morgan fingerprint density at radius 3 is 2.53 bits per heavy atom. The highest BCUT2D eigenvalue weighted by Crippen LogP contribution is 2.17. The quantitative estimate of drug-likeness (QED) is 0.706. The van der Waals surface area contributed by atoms with Gasteiger partial charge >= 0.3 is 5.97 Å². The van der Waals surface area contributed by atoms with E-state index in [1.165, 1.54) is 0 Å². The zero-order valence-corrected chi connectivity index (χ0v) is 10.7. The minimum Gasteiger partial charge on any atom is -0.455 e. The number of hydrogen-bond acceptors (Lipinski definition) is 2. The molecule has 0 amide bonds. The van der Waals surface area contributed by atoms with Crippen LogP contribution in [-0.4, -0.2) is 16.0 Å². The third-order valence-corrected chi connectivity index (χ3v) is 2.48. The summed E-state index contributed by atoms with van der Waals surface area (Å²) in [6.07, 6.45) is 0. The van der Waals surface area contributed by atoms with Crippen molar-refractivity contribution >= 4 is 11.5 Å². The van der Waals surface area contributed by atoms with Crippen molar-refractivity contribution in [3.05, 3.63) is 41.7 Å². The first-order valence-electron chi connectivity index (χ1n) is 5.69. The van der Waals surface area contributed by atoms with Gasteiger partial charge < -0.3 is 9.14 Å². The Bertz CT molecular complexity index is 561. The highest BCUT2D eigenvalue weighted by molar-refractivity contribution is 5.89. The third kappa shape index (κ3) is 2.33. The second-order valence-corrected chi connectivity index (χ2v) is 5.15. The van der Waals surface area contributed by atoms with E-state index >= 15 is 0 Å². The molecule has 0 aromatic carbocycles. The molecule has 0 saturated carbocycles. The zero-order chi connectivity index (χ0) is 12.6. The van der Waals surface area contributed by atoms with Gasteiger partial charge in [0.2, 0.25) is 0 Å². The summed E-state index contributed by atoms with van der Waals surface area (Å²) in [4.78, 5) is 12.0. The summed E-state index contributed by atoms with van der Waals surface area (Å²) >= 11 is 0. The van der Waals surface area contributed by atoms with E-state index in [4.69, 9.17) is 4.74 Å². The lowest BCUT2D eigenvalue weighted by Crippen LogP contribution is -2.24. The van der Waals surface area contributed by atoms with Gasteiger partial charge in [0.25, 0.3) is 0 Å². The fraction of sp³-hybridized carbons (Fsp3) is 0.357. The largest absolute Gasteiger partial charge is 0.455 e. The number of esters is 1. The SMILES string of the molecule is Cc1cccc2ccc(C(=O)OC(C)(C)C)n12. The lowest BCUT2D eigenvalue weighted by molar-refractivity contribution is 0.00616. The van der Waals surface area contributed by atoms with Crippen molar-refractivity contribution in [1.29, 1.82) is 0 Å². The number of ether oxygens (including phenoxy) is 1. The first-order chi connectivity index (χ1) is 7.88. The van der Waals surface area contributed by atoms with Crippen molar-refractivity contribution in [2.75, 3.05) is 0 Å². The molecule has 2 heterocycles. The van der Waals surface area contributed by atoms with Gasteiger partial charge in [-0.15, -0.1) is 0 Å². The molecule has 0 spiro atoms. The number of carbonyl (C=O) groups excluding carboxylic acids is 1. The molecule has 0 saturated heterocycles. The summed E-state index contributed by atoms with van der Waals surface area (Å²) in [5.74, 6) is -0.285. The Morgan fingerprint density at radius 1 is 1.18 bits per heavy atom. The van der Waals surface area contributed by atoms with E-state index in [0.29, 0.717) is 5.69 Å². The number of fused-ring (bicyclic) bond motifs is 1. The highest BCUT2D eigenvalue weighted by atomic mass is 16.6. The first-order valence-corrected chi connectivity index (χ1v) is 5.69. The van der Waals surface area contributed by atoms with Crippen LogP contribution in [0.25, 0.3) is 5.52 Å². The maximum atomic E-state index is 12.0. The van der Waals surface area contributed by atoms with Gasteiger partial charge in [0.05, 0.1) is 0 Å². The standard InChI is InChI=1S/C14H17NO2/c1-10-6-5-7-11-8-9-12(15(10)11)13(16)17-14(2,3)4/h5-9H,1-4H3. The predicted molar refractivity (Wildman–Crippen MR) is 67.3 cm³/mol. The summed E-state index contributed by atoms with van der Waals surface area (Å²) in [6, 6.07) is 9.65. The Morgan fingerprint density at radius 2 is 1.88 bits per heavy atom. The van der Waals surface area contributed by atoms with Crippen molar-refractivity contribution in [3.8, 4) is 0 Å². The number of aromatic nitrogens is 1. The van der Waals surface area contributed by atoms with Crippen LogP contribution in [0.1, 0.15) is 37.0 Å². The van der Waals surface area contributed by atoms with Crippen molar-refractivity contribution < 1.29 is 9.53 Å². The molecule has 0 aliphatic rings. The van der Waals surface area contributed by atoms with E-state index in [0.717, 1.165) is 11.2 Å². The number of aryl methyl sites for hydroxylation is 1. The molecule has 3 heteroatoms. The minimum absolute atomic E-state index is 0.285. The minimum atomic E-state index is -0.468. The predicted octanol–water partition coefficient (Wildman–Crippen LogP) is 3.20. The fourth-order valence-corrected chi connectivity index (χ4v) is 1.83. The molecule has 2 aromatic heterocycles. The van der Waals surface area contributed by atoms with Gasteiger partial charge in [-0.05, 0) is 52.0 Å². The lowest BCUT2D eigenvalue weighted by Gasteiger charge is -2.19. The normalized spacial score (nSPS) is 11.8. The molecule has 0 bridgehead atoms. The Hall–Kier alpha value is -1.77. The van der Waals surface area contributed by atoms with E-state index in [1.54, 1.807) is 6.07 Å². The van der Waals surface area contributed by atoms with E-state index in [-0.39, 0.29) is 5.97 Å². The third-order valence-electron chi connectivity index (χ3n) is 2.48. The highest BCUT2D eigenvalue weighted by Gasteiger charge is 2.20. The van der Waals surface area contributed by atoms with Gasteiger partial charge in [0.15, 0.2) is 0 Å². The van der Waals surface area contributed by atoms with Crippen molar-refractivity contribution in [1.82, 2.24) is 4.40 Å². The van der Waals surface area contributed by atoms with Crippen molar-refractivity contribution in [2.45, 2.75) is 33.3 Å². The van der Waals surface area contributed by atoms with Crippen LogP contribution in [0.3, 0.4) is 0 Å². The molecule has 2 aromatic rings. The second-order valence-electron chi connectivity index (χ2n) is 5.15. The number of nitrogens with zero attached hydrogens (tertiary/aromatic N) is 1. The molecule has 2 rings (SSSR count). The maximum absolute atomic E-state index is 12.0. The van der Waals surface area contributed by atoms with Gasteiger partial charge in [0.1, 0.15) is 11.3 Å². The molecule has 0 aliphatic carbocycles. The van der Waals surface area contributed by atoms with Gasteiger partial charge in [-0.1, -0.05) is 6.07 Å². The molecule has 17 heavy (non-hydrogen) atoms. The van der Waals surface area contributed by atoms with Crippen LogP contribution < -0.4 is 0 Å². The van der Waals surface area contributed by atoms with E-state index in [1.807, 2.05) is 56.4 Å². The smallest absolute Gasteiger partial charge is 0.355 e. The van der Waals surface area contributed by atoms with Crippen molar-refractivity contribution in [3.63, 3.8) is 0 Å². The average molecular weight is 231 g/mol. The van der Waals surface area contributed by atoms with Crippen LogP contribution in [0.15, 0.2) is 30.3 Å². The summed E-state index contributed by atoms with van der Waals surface area (Å²) in [5, 5.41) is 0. The number of hydrogen-bond donors (Lipinski definition) is 0. The summed E-state index contributed by atoms with van der Waals surface area (Å²) in [5.41, 5.74) is 2.14. The van der Waals surface area contributed by atoms with Gasteiger partial charge in [-0.25, -0.2) is 4.79 Å². The van der Waals surface area contributed by atoms with Gasteiger partial charge in [-0.2, -0.15) is 0 Å². The second kappa shape index (κ2) is 3.91. The summed E-state index contributed by atoms with van der Waals surface area (Å²) in [7, 11) is 0.